The summed E-state index contributed by atoms with van der Waals surface area (Å²) in [5.74, 6) is -0.169. The van der Waals surface area contributed by atoms with E-state index in [1.165, 1.54) is 0 Å². The quantitative estimate of drug-likeness (QED) is 0.787. The minimum atomic E-state index is -0.169. The molecule has 86 valence electrons. The average Bonchev–Trinajstić information content (AvgIpc) is 2.73. The number of rotatable bonds is 1. The highest BCUT2D eigenvalue weighted by Gasteiger charge is 2.26. The first-order valence-electron chi connectivity index (χ1n) is 5.50. The summed E-state index contributed by atoms with van der Waals surface area (Å²) in [4.78, 5) is 26.4. The van der Waals surface area contributed by atoms with E-state index < -0.39 is 0 Å². The minimum Gasteiger partial charge on any atom is -0.357 e. The molecule has 0 fully saturated rings. The van der Waals surface area contributed by atoms with Crippen molar-refractivity contribution in [3.63, 3.8) is 0 Å². The van der Waals surface area contributed by atoms with Crippen LogP contribution in [0.4, 0.5) is 0 Å². The van der Waals surface area contributed by atoms with E-state index in [9.17, 15) is 9.59 Å². The third-order valence-corrected chi connectivity index (χ3v) is 3.57. The summed E-state index contributed by atoms with van der Waals surface area (Å²) in [6, 6.07) is 5.18. The van der Waals surface area contributed by atoms with Gasteiger partial charge in [0.2, 0.25) is 0 Å². The van der Waals surface area contributed by atoms with E-state index in [4.69, 9.17) is 11.6 Å². The van der Waals surface area contributed by atoms with E-state index in [-0.39, 0.29) is 11.3 Å². The van der Waals surface area contributed by atoms with Crippen LogP contribution in [0.3, 0.4) is 0 Å². The highest BCUT2D eigenvalue weighted by molar-refractivity contribution is 6.31. The number of benzene rings is 1. The van der Waals surface area contributed by atoms with Crippen molar-refractivity contribution in [2.45, 2.75) is 18.8 Å². The molecule has 3 nitrogen and oxygen atoms in total. The number of hydrogen-bond acceptors (Lipinski definition) is 2. The molecule has 17 heavy (non-hydrogen) atoms. The maximum absolute atomic E-state index is 12.2. The molecule has 3 rings (SSSR count). The molecule has 1 aliphatic rings. The molecular weight excluding hydrogens is 238 g/mol. The van der Waals surface area contributed by atoms with Gasteiger partial charge in [0.05, 0.1) is 5.92 Å². The molecule has 1 N–H and O–H groups in total. The number of nitrogens with one attached hydrogen (secondary N) is 1. The molecular formula is C13H10ClNO2. The van der Waals surface area contributed by atoms with Crippen LogP contribution in [0, 0.1) is 0 Å². The zero-order valence-corrected chi connectivity index (χ0v) is 9.75. The Balaban J connectivity index is 2.39. The van der Waals surface area contributed by atoms with Crippen molar-refractivity contribution in [1.29, 1.82) is 0 Å². The van der Waals surface area contributed by atoms with E-state index in [1.54, 1.807) is 18.2 Å². The first-order chi connectivity index (χ1) is 8.20. The van der Waals surface area contributed by atoms with E-state index >= 15 is 0 Å². The lowest BCUT2D eigenvalue weighted by atomic mass is 10.1. The van der Waals surface area contributed by atoms with Crippen LogP contribution in [-0.4, -0.2) is 11.3 Å². The van der Waals surface area contributed by atoms with Crippen molar-refractivity contribution in [3.05, 3.63) is 44.7 Å². The van der Waals surface area contributed by atoms with Gasteiger partial charge in [0, 0.05) is 27.2 Å². The molecule has 0 bridgehead atoms. The summed E-state index contributed by atoms with van der Waals surface area (Å²) in [5, 5.41) is 1.15. The Kier molecular flexibility index (Phi) is 2.30. The van der Waals surface area contributed by atoms with Crippen LogP contribution in [0.2, 0.25) is 5.02 Å². The van der Waals surface area contributed by atoms with Gasteiger partial charge in [0.25, 0.3) is 0 Å². The number of hydrogen-bond donors (Lipinski definition) is 1. The smallest absolute Gasteiger partial charge is 0.192 e. The first kappa shape index (κ1) is 10.5. The number of aromatic nitrogens is 1. The van der Waals surface area contributed by atoms with Crippen LogP contribution < -0.4 is 5.43 Å². The van der Waals surface area contributed by atoms with Gasteiger partial charge in [0.15, 0.2) is 5.43 Å². The van der Waals surface area contributed by atoms with Crippen LogP contribution in [0.15, 0.2) is 23.0 Å². The Morgan fingerprint density at radius 1 is 1.41 bits per heavy atom. The number of fused-ring (bicyclic) bond motifs is 2. The molecule has 4 heteroatoms. The Labute approximate surface area is 102 Å². The average molecular weight is 248 g/mol. The number of aldehydes is 1. The number of carbonyl (C=O) groups excluding carboxylic acids is 1. The molecule has 0 amide bonds. The van der Waals surface area contributed by atoms with E-state index in [1.807, 2.05) is 0 Å². The molecule has 0 saturated heterocycles. The lowest BCUT2D eigenvalue weighted by molar-refractivity contribution is -0.109. The standard InChI is InChI=1S/C13H10ClNO2/c14-8-2-4-11-10(5-8)13(17)9-3-1-7(6-16)12(9)15-11/h2,4-7H,1,3H2,(H,15,17)/t7-/m0/s1. The van der Waals surface area contributed by atoms with Crippen molar-refractivity contribution in [3.8, 4) is 0 Å². The SMILES string of the molecule is O=C[C@@H]1CCc2c1[nH]c1ccc(Cl)cc1c2=O. The molecule has 0 radical (unpaired) electrons. The fraction of sp³-hybridized carbons (Fsp3) is 0.231. The predicted molar refractivity (Wildman–Crippen MR) is 66.7 cm³/mol. The number of H-pyrrole nitrogens is 1. The maximum atomic E-state index is 12.2. The normalized spacial score (nSPS) is 18.3. The predicted octanol–water partition coefficient (Wildman–Crippen LogP) is 2.41. The van der Waals surface area contributed by atoms with Crippen LogP contribution in [-0.2, 0) is 11.2 Å². The van der Waals surface area contributed by atoms with Gasteiger partial charge in [-0.25, -0.2) is 0 Å². The Morgan fingerprint density at radius 2 is 2.24 bits per heavy atom. The molecule has 0 aliphatic heterocycles. The van der Waals surface area contributed by atoms with Crippen molar-refractivity contribution in [1.82, 2.24) is 4.98 Å². The summed E-state index contributed by atoms with van der Waals surface area (Å²) >= 11 is 5.89. The topological polar surface area (TPSA) is 49.9 Å². The molecule has 2 aromatic rings. The van der Waals surface area contributed by atoms with Crippen molar-refractivity contribution in [2.75, 3.05) is 0 Å². The van der Waals surface area contributed by atoms with E-state index in [2.05, 4.69) is 4.98 Å². The van der Waals surface area contributed by atoms with Gasteiger partial charge >= 0.3 is 0 Å². The Hall–Kier alpha value is -1.61. The van der Waals surface area contributed by atoms with Crippen molar-refractivity contribution < 1.29 is 4.79 Å². The second kappa shape index (κ2) is 3.70. The van der Waals surface area contributed by atoms with Gasteiger partial charge in [-0.2, -0.15) is 0 Å². The Bertz CT molecular complexity index is 675. The number of pyridine rings is 1. The molecule has 1 heterocycles. The maximum Gasteiger partial charge on any atom is 0.192 e. The van der Waals surface area contributed by atoms with Gasteiger partial charge in [-0.3, -0.25) is 4.79 Å². The van der Waals surface area contributed by atoms with Crippen LogP contribution in [0.5, 0.6) is 0 Å². The molecule has 0 spiro atoms. The van der Waals surface area contributed by atoms with E-state index in [0.717, 1.165) is 23.1 Å². The van der Waals surface area contributed by atoms with Crippen molar-refractivity contribution in [2.24, 2.45) is 0 Å². The summed E-state index contributed by atoms with van der Waals surface area (Å²) < 4.78 is 0. The highest BCUT2D eigenvalue weighted by atomic mass is 35.5. The lowest BCUT2D eigenvalue weighted by Crippen LogP contribution is -2.11. The van der Waals surface area contributed by atoms with Gasteiger partial charge in [-0.05, 0) is 31.0 Å². The summed E-state index contributed by atoms with van der Waals surface area (Å²) in [5.41, 5.74) is 2.25. The molecule has 1 aromatic heterocycles. The fourth-order valence-corrected chi connectivity index (χ4v) is 2.64. The van der Waals surface area contributed by atoms with Crippen LogP contribution >= 0.6 is 11.6 Å². The van der Waals surface area contributed by atoms with Gasteiger partial charge in [-0.1, -0.05) is 11.6 Å². The van der Waals surface area contributed by atoms with Gasteiger partial charge in [0.1, 0.15) is 6.29 Å². The zero-order valence-electron chi connectivity index (χ0n) is 9.00. The molecule has 0 unspecified atom stereocenters. The van der Waals surface area contributed by atoms with Crippen LogP contribution in [0.25, 0.3) is 10.9 Å². The minimum absolute atomic E-state index is 0.000556. The Morgan fingerprint density at radius 3 is 3.00 bits per heavy atom. The van der Waals surface area contributed by atoms with E-state index in [0.29, 0.717) is 23.3 Å². The summed E-state index contributed by atoms with van der Waals surface area (Å²) in [6.07, 6.45) is 2.29. The largest absolute Gasteiger partial charge is 0.357 e. The molecule has 0 saturated carbocycles. The lowest BCUT2D eigenvalue weighted by Gasteiger charge is -2.06. The first-order valence-corrected chi connectivity index (χ1v) is 5.88. The molecule has 1 atom stereocenters. The van der Waals surface area contributed by atoms with Gasteiger partial charge < -0.3 is 9.78 Å². The van der Waals surface area contributed by atoms with Crippen molar-refractivity contribution >= 4 is 28.8 Å². The van der Waals surface area contributed by atoms with Crippen LogP contribution in [0.1, 0.15) is 23.6 Å². The third-order valence-electron chi connectivity index (χ3n) is 3.34. The summed E-state index contributed by atoms with van der Waals surface area (Å²) in [6.45, 7) is 0. The number of carbonyl (C=O) groups is 1. The fourth-order valence-electron chi connectivity index (χ4n) is 2.46. The second-order valence-electron chi connectivity index (χ2n) is 4.32. The second-order valence-corrected chi connectivity index (χ2v) is 4.75. The number of halogens is 1. The zero-order chi connectivity index (χ0) is 12.0. The summed E-state index contributed by atoms with van der Waals surface area (Å²) in [7, 11) is 0. The molecule has 1 aromatic carbocycles. The highest BCUT2D eigenvalue weighted by Crippen LogP contribution is 2.29. The monoisotopic (exact) mass is 247 g/mol. The molecule has 1 aliphatic carbocycles. The third kappa shape index (κ3) is 1.50. The van der Waals surface area contributed by atoms with Gasteiger partial charge in [-0.15, -0.1) is 0 Å². The number of aromatic amines is 1.